The summed E-state index contributed by atoms with van der Waals surface area (Å²) in [5, 5.41) is 7.19. The summed E-state index contributed by atoms with van der Waals surface area (Å²) >= 11 is 5.32. The fraction of sp³-hybridized carbons (Fsp3) is 0.650. The monoisotopic (exact) mass is 349 g/mol. The largest absolute Gasteiger partial charge is 0.362 e. The van der Waals surface area contributed by atoms with E-state index in [0.29, 0.717) is 11.7 Å². The van der Waals surface area contributed by atoms with Crippen LogP contribution in [0.4, 0.5) is 5.69 Å². The van der Waals surface area contributed by atoms with Crippen molar-refractivity contribution in [3.8, 4) is 0 Å². The first-order chi connectivity index (χ1) is 11.8. The van der Waals surface area contributed by atoms with Gasteiger partial charge in [-0.3, -0.25) is 0 Å². The van der Waals surface area contributed by atoms with Gasteiger partial charge in [0.1, 0.15) is 0 Å². The first-order valence-corrected chi connectivity index (χ1v) is 10.0. The minimum atomic E-state index is 0.571. The van der Waals surface area contributed by atoms with E-state index in [2.05, 4.69) is 17.6 Å². The number of anilines is 1. The molecule has 0 aliphatic heterocycles. The Morgan fingerprint density at radius 3 is 1.96 bits per heavy atom. The van der Waals surface area contributed by atoms with E-state index in [-0.39, 0.29) is 0 Å². The van der Waals surface area contributed by atoms with Gasteiger partial charge in [0.15, 0.2) is 5.11 Å². The number of hydrogen-bond acceptors (Lipinski definition) is 2. The molecule has 136 valence electrons. The lowest BCUT2D eigenvalue weighted by Gasteiger charge is -2.11. The van der Waals surface area contributed by atoms with Gasteiger partial charge in [0.05, 0.1) is 0 Å². The minimum absolute atomic E-state index is 0.571. The van der Waals surface area contributed by atoms with Gasteiger partial charge >= 0.3 is 0 Å². The van der Waals surface area contributed by atoms with E-state index in [9.17, 15) is 0 Å². The summed E-state index contributed by atoms with van der Waals surface area (Å²) < 4.78 is 0. The van der Waals surface area contributed by atoms with Crippen LogP contribution in [0.2, 0.25) is 0 Å². The Bertz CT molecular complexity index is 431. The van der Waals surface area contributed by atoms with Crippen LogP contribution in [0.1, 0.15) is 76.7 Å². The topological polar surface area (TPSA) is 50.1 Å². The second-order valence-corrected chi connectivity index (χ2v) is 6.87. The maximum absolute atomic E-state index is 5.59. The molecule has 0 spiro atoms. The minimum Gasteiger partial charge on any atom is -0.362 e. The predicted octanol–water partition coefficient (Wildman–Crippen LogP) is 5.35. The number of nitrogens with one attached hydrogen (secondary N) is 2. The van der Waals surface area contributed by atoms with Crippen molar-refractivity contribution in [2.45, 2.75) is 77.7 Å². The maximum atomic E-state index is 5.59. The van der Waals surface area contributed by atoms with Gasteiger partial charge in [-0.15, -0.1) is 0 Å². The fourth-order valence-corrected chi connectivity index (χ4v) is 2.93. The molecular weight excluding hydrogens is 314 g/mol. The van der Waals surface area contributed by atoms with Crippen molar-refractivity contribution in [3.05, 3.63) is 29.8 Å². The van der Waals surface area contributed by atoms with Crippen molar-refractivity contribution >= 4 is 23.0 Å². The van der Waals surface area contributed by atoms with Gasteiger partial charge in [-0.05, 0) is 36.3 Å². The lowest BCUT2D eigenvalue weighted by Crippen LogP contribution is -2.29. The summed E-state index contributed by atoms with van der Waals surface area (Å²) in [6.45, 7) is 3.79. The summed E-state index contributed by atoms with van der Waals surface area (Å²) in [5.41, 5.74) is 7.73. The van der Waals surface area contributed by atoms with Crippen molar-refractivity contribution in [1.82, 2.24) is 5.32 Å². The number of thiocarbonyl (C=S) groups is 1. The van der Waals surface area contributed by atoms with Gasteiger partial charge in [0, 0.05) is 18.8 Å². The molecule has 3 nitrogen and oxygen atoms in total. The highest BCUT2D eigenvalue weighted by Crippen LogP contribution is 2.11. The van der Waals surface area contributed by atoms with Crippen LogP contribution in [0.25, 0.3) is 0 Å². The number of benzene rings is 1. The Morgan fingerprint density at radius 2 is 1.42 bits per heavy atom. The Hall–Kier alpha value is -1.13. The van der Waals surface area contributed by atoms with Gasteiger partial charge in [-0.2, -0.15) is 0 Å². The van der Waals surface area contributed by atoms with Crippen LogP contribution in [-0.2, 0) is 6.54 Å². The smallest absolute Gasteiger partial charge is 0.170 e. The summed E-state index contributed by atoms with van der Waals surface area (Å²) in [6, 6.07) is 8.06. The lowest BCUT2D eigenvalue weighted by atomic mass is 10.1. The predicted molar refractivity (Wildman–Crippen MR) is 110 cm³/mol. The molecule has 0 radical (unpaired) electrons. The molecule has 0 aliphatic carbocycles. The van der Waals surface area contributed by atoms with Crippen molar-refractivity contribution < 1.29 is 0 Å². The van der Waals surface area contributed by atoms with E-state index < -0.39 is 0 Å². The van der Waals surface area contributed by atoms with Crippen molar-refractivity contribution in [1.29, 1.82) is 0 Å². The maximum Gasteiger partial charge on any atom is 0.170 e. The van der Waals surface area contributed by atoms with Crippen LogP contribution in [0.15, 0.2) is 24.3 Å². The molecule has 0 saturated carbocycles. The average Bonchev–Trinajstić information content (AvgIpc) is 2.60. The van der Waals surface area contributed by atoms with Gasteiger partial charge in [0.25, 0.3) is 0 Å². The molecule has 1 aromatic carbocycles. The third-order valence-electron chi connectivity index (χ3n) is 4.26. The molecule has 0 aliphatic rings. The molecule has 0 saturated heterocycles. The zero-order valence-electron chi connectivity index (χ0n) is 15.3. The number of rotatable bonds is 13. The van der Waals surface area contributed by atoms with Crippen molar-refractivity contribution in [3.63, 3.8) is 0 Å². The van der Waals surface area contributed by atoms with E-state index >= 15 is 0 Å². The van der Waals surface area contributed by atoms with E-state index in [1.165, 1.54) is 64.2 Å². The zero-order valence-corrected chi connectivity index (χ0v) is 16.1. The molecule has 0 heterocycles. The molecule has 0 fully saturated rings. The summed E-state index contributed by atoms with van der Waals surface area (Å²) in [5.74, 6) is 0. The van der Waals surface area contributed by atoms with E-state index in [0.717, 1.165) is 17.8 Å². The lowest BCUT2D eigenvalue weighted by molar-refractivity contribution is 0.555. The Morgan fingerprint density at radius 1 is 0.875 bits per heavy atom. The molecule has 0 aromatic heterocycles. The quantitative estimate of drug-likeness (QED) is 0.332. The Labute approximate surface area is 153 Å². The standard InChI is InChI=1S/C20H35N3S/c1-2-3-4-5-6-7-8-9-10-11-16-22-20(24)23-19-14-12-18(17-21)13-15-19/h12-15H,2-11,16-17,21H2,1H3,(H2,22,23,24). The highest BCUT2D eigenvalue weighted by molar-refractivity contribution is 7.80. The number of nitrogens with two attached hydrogens (primary N) is 1. The molecule has 4 heteroatoms. The molecule has 0 bridgehead atoms. The molecule has 4 N–H and O–H groups in total. The second-order valence-electron chi connectivity index (χ2n) is 6.46. The zero-order chi connectivity index (χ0) is 17.5. The third kappa shape index (κ3) is 10.6. The highest BCUT2D eigenvalue weighted by atomic mass is 32.1. The van der Waals surface area contributed by atoms with Crippen LogP contribution >= 0.6 is 12.2 Å². The van der Waals surface area contributed by atoms with E-state index in [1.54, 1.807) is 0 Å². The van der Waals surface area contributed by atoms with Crippen LogP contribution in [0.5, 0.6) is 0 Å². The fourth-order valence-electron chi connectivity index (χ4n) is 2.71. The average molecular weight is 350 g/mol. The van der Waals surface area contributed by atoms with Crippen LogP contribution in [-0.4, -0.2) is 11.7 Å². The highest BCUT2D eigenvalue weighted by Gasteiger charge is 1.98. The van der Waals surface area contributed by atoms with Crippen molar-refractivity contribution in [2.24, 2.45) is 5.73 Å². The molecule has 0 amide bonds. The number of unbranched alkanes of at least 4 members (excludes halogenated alkanes) is 9. The SMILES string of the molecule is CCCCCCCCCCCCNC(=S)Nc1ccc(CN)cc1. The first-order valence-electron chi connectivity index (χ1n) is 9.60. The van der Waals surface area contributed by atoms with E-state index in [1.807, 2.05) is 24.3 Å². The van der Waals surface area contributed by atoms with Crippen LogP contribution in [0.3, 0.4) is 0 Å². The van der Waals surface area contributed by atoms with Gasteiger partial charge in [-0.1, -0.05) is 76.8 Å². The van der Waals surface area contributed by atoms with Gasteiger partial charge in [0.2, 0.25) is 0 Å². The molecule has 0 atom stereocenters. The third-order valence-corrected chi connectivity index (χ3v) is 4.51. The summed E-state index contributed by atoms with van der Waals surface area (Å²) in [7, 11) is 0. The Kier molecular flexibility index (Phi) is 12.4. The number of hydrogen-bond donors (Lipinski definition) is 3. The Balaban J connectivity index is 1.94. The summed E-state index contributed by atoms with van der Waals surface area (Å²) in [6.07, 6.45) is 13.6. The van der Waals surface area contributed by atoms with Crippen LogP contribution in [0, 0.1) is 0 Å². The van der Waals surface area contributed by atoms with Crippen molar-refractivity contribution in [2.75, 3.05) is 11.9 Å². The second kappa shape index (κ2) is 14.2. The van der Waals surface area contributed by atoms with E-state index in [4.69, 9.17) is 18.0 Å². The molecular formula is C20H35N3S. The van der Waals surface area contributed by atoms with Gasteiger partial charge in [-0.25, -0.2) is 0 Å². The molecule has 1 aromatic rings. The first kappa shape index (κ1) is 20.9. The summed E-state index contributed by atoms with van der Waals surface area (Å²) in [4.78, 5) is 0. The van der Waals surface area contributed by atoms with Gasteiger partial charge < -0.3 is 16.4 Å². The van der Waals surface area contributed by atoms with Crippen LogP contribution < -0.4 is 16.4 Å². The molecule has 24 heavy (non-hydrogen) atoms. The molecule has 0 unspecified atom stereocenters. The molecule has 1 rings (SSSR count). The normalized spacial score (nSPS) is 10.6.